The first-order chi connectivity index (χ1) is 16.5. The SMILES string of the molecule is O=C(N/N=C/c1cn(Cc2c(F)cccc2Cl)c2ccccc12)c1ccc2ccccc2c1O. The molecule has 0 aliphatic heterocycles. The van der Waals surface area contributed by atoms with Crippen LogP contribution in [-0.4, -0.2) is 21.8 Å². The van der Waals surface area contributed by atoms with Crippen LogP contribution in [0.5, 0.6) is 5.75 Å². The number of carbonyl (C=O) groups is 1. The maximum absolute atomic E-state index is 14.3. The van der Waals surface area contributed by atoms with Gasteiger partial charge in [-0.15, -0.1) is 0 Å². The maximum atomic E-state index is 14.3. The van der Waals surface area contributed by atoms with Gasteiger partial charge in [0.25, 0.3) is 5.91 Å². The van der Waals surface area contributed by atoms with Crippen LogP contribution in [0.4, 0.5) is 4.39 Å². The zero-order valence-corrected chi connectivity index (χ0v) is 18.6. The van der Waals surface area contributed by atoms with Crippen LogP contribution in [0.15, 0.2) is 90.2 Å². The molecular formula is C27H19ClFN3O2. The summed E-state index contributed by atoms with van der Waals surface area (Å²) in [6.07, 6.45) is 3.36. The average molecular weight is 472 g/mol. The molecule has 1 aromatic heterocycles. The van der Waals surface area contributed by atoms with E-state index in [9.17, 15) is 14.3 Å². The second-order valence-electron chi connectivity index (χ2n) is 7.81. The van der Waals surface area contributed by atoms with Gasteiger partial charge in [0.1, 0.15) is 11.6 Å². The number of phenols is 1. The summed E-state index contributed by atoms with van der Waals surface area (Å²) in [6, 6.07) is 22.9. The predicted octanol–water partition coefficient (Wildman–Crippen LogP) is 6.10. The van der Waals surface area contributed by atoms with Crippen LogP contribution in [0.2, 0.25) is 5.02 Å². The molecule has 0 saturated heterocycles. The quantitative estimate of drug-likeness (QED) is 0.240. The topological polar surface area (TPSA) is 66.6 Å². The van der Waals surface area contributed by atoms with E-state index in [0.717, 1.165) is 21.9 Å². The van der Waals surface area contributed by atoms with Crippen molar-refractivity contribution < 1.29 is 14.3 Å². The van der Waals surface area contributed by atoms with Crippen LogP contribution >= 0.6 is 11.6 Å². The van der Waals surface area contributed by atoms with Crippen LogP contribution in [0.25, 0.3) is 21.7 Å². The molecule has 5 nitrogen and oxygen atoms in total. The number of para-hydroxylation sites is 1. The molecule has 0 saturated carbocycles. The van der Waals surface area contributed by atoms with E-state index >= 15 is 0 Å². The van der Waals surface area contributed by atoms with E-state index < -0.39 is 5.91 Å². The second kappa shape index (κ2) is 9.00. The summed E-state index contributed by atoms with van der Waals surface area (Å²) in [5.74, 6) is -0.992. The number of halogens is 2. The molecule has 0 spiro atoms. The van der Waals surface area contributed by atoms with Gasteiger partial charge in [0.2, 0.25) is 0 Å². The van der Waals surface area contributed by atoms with Gasteiger partial charge in [-0.1, -0.05) is 66.2 Å². The van der Waals surface area contributed by atoms with Crippen LogP contribution in [0.3, 0.4) is 0 Å². The number of phenolic OH excluding ortho intramolecular Hbond substituents is 1. The zero-order valence-electron chi connectivity index (χ0n) is 17.9. The number of aromatic nitrogens is 1. The molecule has 34 heavy (non-hydrogen) atoms. The van der Waals surface area contributed by atoms with Crippen LogP contribution < -0.4 is 5.43 Å². The van der Waals surface area contributed by atoms with E-state index in [0.29, 0.717) is 16.0 Å². The first-order valence-corrected chi connectivity index (χ1v) is 11.0. The lowest BCUT2D eigenvalue weighted by atomic mass is 10.1. The number of hydrogen-bond acceptors (Lipinski definition) is 3. The monoisotopic (exact) mass is 471 g/mol. The summed E-state index contributed by atoms with van der Waals surface area (Å²) in [6.45, 7) is 0.247. The Balaban J connectivity index is 1.42. The van der Waals surface area contributed by atoms with E-state index in [2.05, 4.69) is 10.5 Å². The van der Waals surface area contributed by atoms with Crippen molar-refractivity contribution in [3.8, 4) is 5.75 Å². The number of hydrogen-bond donors (Lipinski definition) is 2. The fourth-order valence-electron chi connectivity index (χ4n) is 4.02. The van der Waals surface area contributed by atoms with Gasteiger partial charge in [-0.3, -0.25) is 4.79 Å². The number of nitrogens with one attached hydrogen (secondary N) is 1. The first-order valence-electron chi connectivity index (χ1n) is 10.6. The highest BCUT2D eigenvalue weighted by Gasteiger charge is 2.14. The Morgan fingerprint density at radius 2 is 1.76 bits per heavy atom. The summed E-state index contributed by atoms with van der Waals surface area (Å²) in [7, 11) is 0. The van der Waals surface area contributed by atoms with Crippen molar-refractivity contribution in [1.29, 1.82) is 0 Å². The second-order valence-corrected chi connectivity index (χ2v) is 8.22. The van der Waals surface area contributed by atoms with Gasteiger partial charge >= 0.3 is 0 Å². The lowest BCUT2D eigenvalue weighted by molar-refractivity contribution is 0.0952. The molecule has 0 bridgehead atoms. The number of aromatic hydroxyl groups is 1. The number of hydrazone groups is 1. The number of carbonyl (C=O) groups excluding carboxylic acids is 1. The normalized spacial score (nSPS) is 11.5. The number of amides is 1. The van der Waals surface area contributed by atoms with Crippen molar-refractivity contribution >= 4 is 45.4 Å². The highest BCUT2D eigenvalue weighted by atomic mass is 35.5. The zero-order chi connectivity index (χ0) is 23.7. The van der Waals surface area contributed by atoms with Gasteiger partial charge in [-0.2, -0.15) is 5.10 Å². The molecule has 1 amide bonds. The number of rotatable bonds is 5. The van der Waals surface area contributed by atoms with Crippen LogP contribution in [-0.2, 0) is 6.54 Å². The molecule has 1 heterocycles. The average Bonchev–Trinajstić information content (AvgIpc) is 3.19. The minimum absolute atomic E-state index is 0.0934. The Bertz CT molecular complexity index is 1560. The number of benzene rings is 4. The van der Waals surface area contributed by atoms with Gasteiger partial charge in [-0.25, -0.2) is 9.82 Å². The maximum Gasteiger partial charge on any atom is 0.275 e. The Labute approximate surface area is 199 Å². The minimum atomic E-state index is -0.527. The smallest absolute Gasteiger partial charge is 0.275 e. The van der Waals surface area contributed by atoms with Gasteiger partial charge < -0.3 is 9.67 Å². The van der Waals surface area contributed by atoms with Crippen LogP contribution in [0.1, 0.15) is 21.5 Å². The highest BCUT2D eigenvalue weighted by Crippen LogP contribution is 2.29. The molecule has 5 rings (SSSR count). The molecular weight excluding hydrogens is 453 g/mol. The fourth-order valence-corrected chi connectivity index (χ4v) is 4.24. The summed E-state index contributed by atoms with van der Waals surface area (Å²) in [4.78, 5) is 12.6. The summed E-state index contributed by atoms with van der Waals surface area (Å²) < 4.78 is 16.2. The Hall–Kier alpha value is -4.16. The summed E-state index contributed by atoms with van der Waals surface area (Å²) >= 11 is 6.22. The largest absolute Gasteiger partial charge is 0.506 e. The van der Waals surface area contributed by atoms with Crippen molar-refractivity contribution in [3.05, 3.63) is 113 Å². The predicted molar refractivity (Wildman–Crippen MR) is 133 cm³/mol. The van der Waals surface area contributed by atoms with Gasteiger partial charge in [0.05, 0.1) is 18.3 Å². The molecule has 4 aromatic carbocycles. The molecule has 7 heteroatoms. The third-order valence-corrected chi connectivity index (χ3v) is 6.08. The number of nitrogens with zero attached hydrogens (tertiary/aromatic N) is 2. The van der Waals surface area contributed by atoms with E-state index in [1.165, 1.54) is 12.3 Å². The minimum Gasteiger partial charge on any atom is -0.506 e. The van der Waals surface area contributed by atoms with E-state index in [4.69, 9.17) is 11.6 Å². The van der Waals surface area contributed by atoms with Crippen molar-refractivity contribution in [3.63, 3.8) is 0 Å². The summed E-state index contributed by atoms with van der Waals surface area (Å²) in [5, 5.41) is 17.3. The molecule has 0 atom stereocenters. The Kier molecular flexibility index (Phi) is 5.74. The van der Waals surface area contributed by atoms with Gasteiger partial charge in [0.15, 0.2) is 0 Å². The molecule has 5 aromatic rings. The number of fused-ring (bicyclic) bond motifs is 2. The lowest BCUT2D eigenvalue weighted by Crippen LogP contribution is -2.17. The lowest BCUT2D eigenvalue weighted by Gasteiger charge is -2.08. The molecule has 0 unspecified atom stereocenters. The molecule has 0 aliphatic carbocycles. The van der Waals surface area contributed by atoms with Crippen molar-refractivity contribution in [1.82, 2.24) is 9.99 Å². The molecule has 0 radical (unpaired) electrons. The van der Waals surface area contributed by atoms with E-state index in [1.54, 1.807) is 36.4 Å². The highest BCUT2D eigenvalue weighted by molar-refractivity contribution is 6.31. The standard InChI is InChI=1S/C27H19ClFN3O2/c28-23-9-5-10-24(29)22(23)16-32-15-18(19-7-3-4-11-25(19)32)14-30-31-27(34)21-13-12-17-6-1-2-8-20(17)26(21)33/h1-15,33H,16H2,(H,31,34)/b30-14+. The third kappa shape index (κ3) is 4.00. The first kappa shape index (κ1) is 21.7. The van der Waals surface area contributed by atoms with Crippen molar-refractivity contribution in [2.24, 2.45) is 5.10 Å². The van der Waals surface area contributed by atoms with Crippen molar-refractivity contribution in [2.45, 2.75) is 6.54 Å². The van der Waals surface area contributed by atoms with E-state index in [1.807, 2.05) is 47.2 Å². The Morgan fingerprint density at radius 3 is 2.59 bits per heavy atom. The van der Waals surface area contributed by atoms with Gasteiger partial charge in [-0.05, 0) is 29.7 Å². The molecule has 168 valence electrons. The fraction of sp³-hybridized carbons (Fsp3) is 0.0370. The van der Waals surface area contributed by atoms with Crippen LogP contribution in [0, 0.1) is 5.82 Å². The third-order valence-electron chi connectivity index (χ3n) is 5.72. The molecule has 0 fully saturated rings. The van der Waals surface area contributed by atoms with E-state index in [-0.39, 0.29) is 23.7 Å². The van der Waals surface area contributed by atoms with Gasteiger partial charge in [0, 0.05) is 38.6 Å². The Morgan fingerprint density at radius 1 is 1.00 bits per heavy atom. The molecule has 0 aliphatic rings. The van der Waals surface area contributed by atoms with Crippen molar-refractivity contribution in [2.75, 3.05) is 0 Å². The summed E-state index contributed by atoms with van der Waals surface area (Å²) in [5.41, 5.74) is 4.62. The molecule has 2 N–H and O–H groups in total.